The van der Waals surface area contributed by atoms with E-state index >= 15 is 0 Å². The first-order valence-corrected chi connectivity index (χ1v) is 6.53. The van der Waals surface area contributed by atoms with E-state index in [9.17, 15) is 18.0 Å². The van der Waals surface area contributed by atoms with Crippen LogP contribution in [0.25, 0.3) is 0 Å². The van der Waals surface area contributed by atoms with Crippen LogP contribution < -0.4 is 10.1 Å². The second kappa shape index (κ2) is 5.32. The van der Waals surface area contributed by atoms with Crippen molar-refractivity contribution in [3.63, 3.8) is 0 Å². The van der Waals surface area contributed by atoms with E-state index in [0.717, 1.165) is 11.6 Å². The number of nitrogens with one attached hydrogen (secondary N) is 1. The number of carbonyl (C=O) groups excluding carboxylic acids is 1. The SMILES string of the molecule is O=C(Nc1cccc(C(F)(F)F)n1)C1Cc2ccccc2O1. The number of hydrogen-bond acceptors (Lipinski definition) is 3. The van der Waals surface area contributed by atoms with Gasteiger partial charge in [0.2, 0.25) is 0 Å². The number of para-hydroxylation sites is 1. The summed E-state index contributed by atoms with van der Waals surface area (Å²) in [6.45, 7) is 0. The lowest BCUT2D eigenvalue weighted by Gasteiger charge is -2.12. The maximum Gasteiger partial charge on any atom is 0.433 e. The number of aromatic nitrogens is 1. The van der Waals surface area contributed by atoms with Crippen molar-refractivity contribution in [3.8, 4) is 5.75 Å². The van der Waals surface area contributed by atoms with Crippen LogP contribution in [0.15, 0.2) is 42.5 Å². The Bertz CT molecular complexity index is 691. The first-order valence-electron chi connectivity index (χ1n) is 6.53. The predicted octanol–water partition coefficient (Wildman–Crippen LogP) is 3.04. The molecule has 1 N–H and O–H groups in total. The number of pyridine rings is 1. The number of halogens is 3. The topological polar surface area (TPSA) is 51.2 Å². The number of rotatable bonds is 2. The molecule has 0 spiro atoms. The van der Waals surface area contributed by atoms with Crippen molar-refractivity contribution in [2.45, 2.75) is 18.7 Å². The number of benzene rings is 1. The maximum atomic E-state index is 12.6. The van der Waals surface area contributed by atoms with Crippen LogP contribution in [0.2, 0.25) is 0 Å². The van der Waals surface area contributed by atoms with Gasteiger partial charge in [-0.2, -0.15) is 13.2 Å². The number of hydrogen-bond donors (Lipinski definition) is 1. The molecule has 3 rings (SSSR count). The second-order valence-electron chi connectivity index (χ2n) is 4.81. The Morgan fingerprint density at radius 2 is 1.95 bits per heavy atom. The first kappa shape index (κ1) is 14.4. The van der Waals surface area contributed by atoms with Gasteiger partial charge in [0.25, 0.3) is 5.91 Å². The number of fused-ring (bicyclic) bond motifs is 1. The highest BCUT2D eigenvalue weighted by atomic mass is 19.4. The van der Waals surface area contributed by atoms with Crippen LogP contribution in [0.4, 0.5) is 19.0 Å². The molecule has 0 bridgehead atoms. The summed E-state index contributed by atoms with van der Waals surface area (Å²) in [7, 11) is 0. The van der Waals surface area contributed by atoms with Crippen molar-refractivity contribution >= 4 is 11.7 Å². The molecule has 1 atom stereocenters. The summed E-state index contributed by atoms with van der Waals surface area (Å²) < 4.78 is 43.2. The molecule has 0 fully saturated rings. The largest absolute Gasteiger partial charge is 0.480 e. The van der Waals surface area contributed by atoms with Crippen LogP contribution in [-0.4, -0.2) is 17.0 Å². The van der Waals surface area contributed by atoms with E-state index in [1.54, 1.807) is 12.1 Å². The average molecular weight is 308 g/mol. The van der Waals surface area contributed by atoms with Gasteiger partial charge in [-0.1, -0.05) is 24.3 Å². The molecule has 1 unspecified atom stereocenters. The van der Waals surface area contributed by atoms with Crippen molar-refractivity contribution in [1.82, 2.24) is 4.98 Å². The molecule has 1 amide bonds. The normalized spacial score (nSPS) is 16.8. The molecule has 0 radical (unpaired) electrons. The zero-order valence-electron chi connectivity index (χ0n) is 11.2. The van der Waals surface area contributed by atoms with Gasteiger partial charge in [-0.3, -0.25) is 4.79 Å². The number of alkyl halides is 3. The highest BCUT2D eigenvalue weighted by molar-refractivity contribution is 5.94. The Hall–Kier alpha value is -2.57. The van der Waals surface area contributed by atoms with Crippen molar-refractivity contribution < 1.29 is 22.7 Å². The van der Waals surface area contributed by atoms with Gasteiger partial charge < -0.3 is 10.1 Å². The smallest absolute Gasteiger partial charge is 0.433 e. The molecule has 114 valence electrons. The molecular formula is C15H11F3N2O2. The lowest BCUT2D eigenvalue weighted by atomic mass is 10.1. The fourth-order valence-electron chi connectivity index (χ4n) is 2.20. The van der Waals surface area contributed by atoms with E-state index < -0.39 is 23.9 Å². The first-order chi connectivity index (χ1) is 10.4. The van der Waals surface area contributed by atoms with Crippen LogP contribution in [0, 0.1) is 0 Å². The van der Waals surface area contributed by atoms with Gasteiger partial charge in [0, 0.05) is 6.42 Å². The minimum absolute atomic E-state index is 0.153. The van der Waals surface area contributed by atoms with E-state index in [1.165, 1.54) is 12.1 Å². The third kappa shape index (κ3) is 2.88. The Morgan fingerprint density at radius 3 is 2.68 bits per heavy atom. The standard InChI is InChI=1S/C15H11F3N2O2/c16-15(17,18)12-6-3-7-13(19-12)20-14(21)11-8-9-4-1-2-5-10(9)22-11/h1-7,11H,8H2,(H,19,20,21). The van der Waals surface area contributed by atoms with Crippen LogP contribution in [0.1, 0.15) is 11.3 Å². The van der Waals surface area contributed by atoms with Gasteiger partial charge in [0.05, 0.1) is 0 Å². The second-order valence-corrected chi connectivity index (χ2v) is 4.81. The zero-order valence-corrected chi connectivity index (χ0v) is 11.2. The minimum Gasteiger partial charge on any atom is -0.480 e. The molecule has 2 heterocycles. The average Bonchev–Trinajstić information content (AvgIpc) is 2.90. The summed E-state index contributed by atoms with van der Waals surface area (Å²) in [6, 6.07) is 10.5. The molecule has 7 heteroatoms. The summed E-state index contributed by atoms with van der Waals surface area (Å²) >= 11 is 0. The van der Waals surface area contributed by atoms with Gasteiger partial charge in [0.15, 0.2) is 6.10 Å². The fraction of sp³-hybridized carbons (Fsp3) is 0.200. The van der Waals surface area contributed by atoms with Crippen molar-refractivity contribution in [2.24, 2.45) is 0 Å². The van der Waals surface area contributed by atoms with E-state index in [1.807, 2.05) is 12.1 Å². The fourth-order valence-corrected chi connectivity index (χ4v) is 2.20. The predicted molar refractivity (Wildman–Crippen MR) is 72.4 cm³/mol. The lowest BCUT2D eigenvalue weighted by Crippen LogP contribution is -2.31. The van der Waals surface area contributed by atoms with Gasteiger partial charge in [-0.25, -0.2) is 4.98 Å². The Balaban J connectivity index is 1.71. The molecule has 0 aliphatic carbocycles. The molecule has 2 aromatic rings. The van der Waals surface area contributed by atoms with Gasteiger partial charge in [0.1, 0.15) is 17.3 Å². The lowest BCUT2D eigenvalue weighted by molar-refractivity contribution is -0.141. The molecule has 22 heavy (non-hydrogen) atoms. The van der Waals surface area contributed by atoms with Crippen molar-refractivity contribution in [3.05, 3.63) is 53.7 Å². The van der Waals surface area contributed by atoms with Gasteiger partial charge in [-0.15, -0.1) is 0 Å². The number of nitrogens with zero attached hydrogens (tertiary/aromatic N) is 1. The van der Waals surface area contributed by atoms with Crippen LogP contribution in [0.3, 0.4) is 0 Å². The van der Waals surface area contributed by atoms with Crippen molar-refractivity contribution in [2.75, 3.05) is 5.32 Å². The summed E-state index contributed by atoms with van der Waals surface area (Å²) in [4.78, 5) is 15.5. The number of anilines is 1. The minimum atomic E-state index is -4.55. The summed E-state index contributed by atoms with van der Waals surface area (Å²) in [5.74, 6) is -0.0675. The number of amides is 1. The van der Waals surface area contributed by atoms with E-state index in [2.05, 4.69) is 10.3 Å². The Labute approximate surface area is 123 Å². The van der Waals surface area contributed by atoms with E-state index in [0.29, 0.717) is 12.2 Å². The molecule has 1 aromatic carbocycles. The van der Waals surface area contributed by atoms with Crippen molar-refractivity contribution in [1.29, 1.82) is 0 Å². The molecular weight excluding hydrogens is 297 g/mol. The molecule has 1 aliphatic heterocycles. The third-order valence-electron chi connectivity index (χ3n) is 3.23. The molecule has 0 saturated heterocycles. The molecule has 1 aliphatic rings. The number of ether oxygens (including phenoxy) is 1. The molecule has 4 nitrogen and oxygen atoms in total. The zero-order chi connectivity index (χ0) is 15.7. The van der Waals surface area contributed by atoms with Crippen LogP contribution >= 0.6 is 0 Å². The summed E-state index contributed by atoms with van der Waals surface area (Å²) in [5, 5.41) is 2.36. The van der Waals surface area contributed by atoms with Crippen LogP contribution in [0.5, 0.6) is 5.75 Å². The quantitative estimate of drug-likeness (QED) is 0.927. The van der Waals surface area contributed by atoms with Crippen LogP contribution in [-0.2, 0) is 17.4 Å². The Kier molecular flexibility index (Phi) is 3.48. The monoisotopic (exact) mass is 308 g/mol. The van der Waals surface area contributed by atoms with E-state index in [-0.39, 0.29) is 5.82 Å². The van der Waals surface area contributed by atoms with Gasteiger partial charge in [-0.05, 0) is 23.8 Å². The third-order valence-corrected chi connectivity index (χ3v) is 3.23. The summed E-state index contributed by atoms with van der Waals surface area (Å²) in [6.07, 6.45) is -4.95. The Morgan fingerprint density at radius 1 is 1.18 bits per heavy atom. The summed E-state index contributed by atoms with van der Waals surface area (Å²) in [5.41, 5.74) is -0.166. The molecule has 1 aromatic heterocycles. The number of carbonyl (C=O) groups is 1. The molecule has 0 saturated carbocycles. The highest BCUT2D eigenvalue weighted by Gasteiger charge is 2.33. The van der Waals surface area contributed by atoms with E-state index in [4.69, 9.17) is 4.74 Å². The van der Waals surface area contributed by atoms with Gasteiger partial charge >= 0.3 is 6.18 Å². The highest BCUT2D eigenvalue weighted by Crippen LogP contribution is 2.30. The maximum absolute atomic E-state index is 12.6.